The molecule has 0 aromatic carbocycles. The fourth-order valence-electron chi connectivity index (χ4n) is 1.29. The Morgan fingerprint density at radius 2 is 2.28 bits per heavy atom. The van der Waals surface area contributed by atoms with Gasteiger partial charge in [-0.15, -0.1) is 21.5 Å². The van der Waals surface area contributed by atoms with Gasteiger partial charge in [0.1, 0.15) is 15.7 Å². The molecular weight excluding hydrogens is 270 g/mol. The predicted octanol–water partition coefficient (Wildman–Crippen LogP) is 1.66. The minimum atomic E-state index is -0.273. The standard InChI is InChI=1S/C10H13N5OS2/c1-2-3-7-14-15-10(18-7)13-9(16)6-5-17-8(4-11)12-6/h5H,2-4,11H2,1H3,(H,13,15,16). The van der Waals surface area contributed by atoms with Crippen LogP contribution in [0.3, 0.4) is 0 Å². The Kier molecular flexibility index (Phi) is 4.34. The van der Waals surface area contributed by atoms with Crippen LogP contribution in [-0.4, -0.2) is 21.1 Å². The Bertz CT molecular complexity index is 536. The van der Waals surface area contributed by atoms with Crippen LogP contribution in [0.5, 0.6) is 0 Å². The molecule has 0 spiro atoms. The second-order valence-corrected chi connectivity index (χ2v) is 5.54. The number of aryl methyl sites for hydroxylation is 1. The van der Waals surface area contributed by atoms with Gasteiger partial charge in [-0.3, -0.25) is 10.1 Å². The number of nitrogens with zero attached hydrogens (tertiary/aromatic N) is 3. The molecule has 1 amide bonds. The summed E-state index contributed by atoms with van der Waals surface area (Å²) in [6.45, 7) is 2.42. The Balaban J connectivity index is 2.01. The molecule has 6 nitrogen and oxygen atoms in total. The number of hydrogen-bond donors (Lipinski definition) is 2. The van der Waals surface area contributed by atoms with E-state index in [9.17, 15) is 4.79 Å². The lowest BCUT2D eigenvalue weighted by atomic mass is 10.4. The van der Waals surface area contributed by atoms with E-state index in [-0.39, 0.29) is 5.91 Å². The van der Waals surface area contributed by atoms with Crippen LogP contribution in [0.4, 0.5) is 5.13 Å². The molecule has 0 saturated carbocycles. The van der Waals surface area contributed by atoms with Crippen molar-refractivity contribution >= 4 is 33.7 Å². The highest BCUT2D eigenvalue weighted by Crippen LogP contribution is 2.18. The van der Waals surface area contributed by atoms with Crippen LogP contribution in [-0.2, 0) is 13.0 Å². The van der Waals surface area contributed by atoms with Crippen LogP contribution in [0.2, 0.25) is 0 Å². The van der Waals surface area contributed by atoms with E-state index in [1.165, 1.54) is 22.7 Å². The lowest BCUT2D eigenvalue weighted by molar-refractivity contribution is 0.102. The number of amides is 1. The zero-order chi connectivity index (χ0) is 13.0. The van der Waals surface area contributed by atoms with Gasteiger partial charge < -0.3 is 5.73 Å². The fourth-order valence-corrected chi connectivity index (χ4v) is 2.78. The topological polar surface area (TPSA) is 93.8 Å². The molecule has 3 N–H and O–H groups in total. The lowest BCUT2D eigenvalue weighted by Gasteiger charge is -1.96. The largest absolute Gasteiger partial charge is 0.325 e. The van der Waals surface area contributed by atoms with Crippen LogP contribution in [0, 0.1) is 0 Å². The van der Waals surface area contributed by atoms with Gasteiger partial charge in [-0.1, -0.05) is 18.3 Å². The minimum Gasteiger partial charge on any atom is -0.325 e. The number of anilines is 1. The summed E-state index contributed by atoms with van der Waals surface area (Å²) >= 11 is 2.76. The summed E-state index contributed by atoms with van der Waals surface area (Å²) in [5.74, 6) is -0.273. The van der Waals surface area contributed by atoms with Crippen molar-refractivity contribution in [3.63, 3.8) is 0 Å². The van der Waals surface area contributed by atoms with E-state index in [1.807, 2.05) is 0 Å². The van der Waals surface area contributed by atoms with Crippen molar-refractivity contribution < 1.29 is 4.79 Å². The van der Waals surface area contributed by atoms with E-state index >= 15 is 0 Å². The highest BCUT2D eigenvalue weighted by Gasteiger charge is 2.13. The fraction of sp³-hybridized carbons (Fsp3) is 0.400. The monoisotopic (exact) mass is 283 g/mol. The number of aromatic nitrogens is 3. The van der Waals surface area contributed by atoms with Crippen molar-refractivity contribution in [2.24, 2.45) is 5.73 Å². The molecule has 2 rings (SSSR count). The number of nitrogens with two attached hydrogens (primary N) is 1. The third kappa shape index (κ3) is 3.09. The first-order valence-electron chi connectivity index (χ1n) is 5.51. The summed E-state index contributed by atoms with van der Waals surface area (Å²) in [7, 11) is 0. The molecular formula is C10H13N5OS2. The van der Waals surface area contributed by atoms with Gasteiger partial charge in [0.15, 0.2) is 0 Å². The molecule has 0 atom stereocenters. The quantitative estimate of drug-likeness (QED) is 0.870. The molecule has 0 radical (unpaired) electrons. The number of nitrogens with one attached hydrogen (secondary N) is 1. The molecule has 18 heavy (non-hydrogen) atoms. The summed E-state index contributed by atoms with van der Waals surface area (Å²) in [6.07, 6.45) is 1.89. The normalized spacial score (nSPS) is 10.6. The van der Waals surface area contributed by atoms with Gasteiger partial charge in [-0.05, 0) is 6.42 Å². The van der Waals surface area contributed by atoms with Crippen LogP contribution in [0.25, 0.3) is 0 Å². The van der Waals surface area contributed by atoms with E-state index in [0.717, 1.165) is 22.9 Å². The first-order valence-corrected chi connectivity index (χ1v) is 7.20. The van der Waals surface area contributed by atoms with E-state index in [0.29, 0.717) is 17.4 Å². The molecule has 2 aromatic heterocycles. The highest BCUT2D eigenvalue weighted by atomic mass is 32.1. The first-order chi connectivity index (χ1) is 8.72. The molecule has 0 saturated heterocycles. The maximum atomic E-state index is 11.8. The number of carbonyl (C=O) groups excluding carboxylic acids is 1. The summed E-state index contributed by atoms with van der Waals surface area (Å²) in [6, 6.07) is 0. The smallest absolute Gasteiger partial charge is 0.276 e. The average molecular weight is 283 g/mol. The van der Waals surface area contributed by atoms with Crippen molar-refractivity contribution in [1.82, 2.24) is 15.2 Å². The molecule has 0 fully saturated rings. The van der Waals surface area contributed by atoms with Crippen LogP contribution in [0.15, 0.2) is 5.38 Å². The molecule has 96 valence electrons. The van der Waals surface area contributed by atoms with Gasteiger partial charge in [-0.2, -0.15) is 0 Å². The van der Waals surface area contributed by atoms with Gasteiger partial charge in [0.05, 0.1) is 0 Å². The number of hydrogen-bond acceptors (Lipinski definition) is 7. The van der Waals surface area contributed by atoms with Gasteiger partial charge in [-0.25, -0.2) is 4.98 Å². The maximum Gasteiger partial charge on any atom is 0.276 e. The van der Waals surface area contributed by atoms with Gasteiger partial charge in [0.25, 0.3) is 5.91 Å². The SMILES string of the molecule is CCCc1nnc(NC(=O)c2csc(CN)n2)s1. The maximum absolute atomic E-state index is 11.8. The first kappa shape index (κ1) is 13.1. The van der Waals surface area contributed by atoms with E-state index < -0.39 is 0 Å². The van der Waals surface area contributed by atoms with Crippen LogP contribution < -0.4 is 11.1 Å². The molecule has 0 unspecified atom stereocenters. The Hall–Kier alpha value is -1.38. The van der Waals surface area contributed by atoms with Crippen molar-refractivity contribution in [3.8, 4) is 0 Å². The third-order valence-corrected chi connectivity index (χ3v) is 3.88. The Morgan fingerprint density at radius 3 is 2.94 bits per heavy atom. The van der Waals surface area contributed by atoms with Crippen LogP contribution in [0.1, 0.15) is 33.8 Å². The van der Waals surface area contributed by atoms with Gasteiger partial charge in [0, 0.05) is 18.3 Å². The van der Waals surface area contributed by atoms with E-state index in [4.69, 9.17) is 5.73 Å². The van der Waals surface area contributed by atoms with Crippen molar-refractivity contribution in [2.45, 2.75) is 26.3 Å². The molecule has 0 aliphatic heterocycles. The van der Waals surface area contributed by atoms with E-state index in [2.05, 4.69) is 27.4 Å². The molecule has 2 heterocycles. The number of thiazole rings is 1. The summed E-state index contributed by atoms with van der Waals surface area (Å²) in [5, 5.41) is 14.4. The summed E-state index contributed by atoms with van der Waals surface area (Å²) in [5.41, 5.74) is 5.82. The average Bonchev–Trinajstić information content (AvgIpc) is 2.98. The second kappa shape index (κ2) is 5.98. The van der Waals surface area contributed by atoms with Crippen LogP contribution >= 0.6 is 22.7 Å². The second-order valence-electron chi connectivity index (χ2n) is 3.54. The molecule has 0 aliphatic rings. The third-order valence-electron chi connectivity index (χ3n) is 2.11. The highest BCUT2D eigenvalue weighted by molar-refractivity contribution is 7.15. The van der Waals surface area contributed by atoms with Crippen molar-refractivity contribution in [2.75, 3.05) is 5.32 Å². The Labute approximate surface area is 112 Å². The summed E-state index contributed by atoms with van der Waals surface area (Å²) in [4.78, 5) is 15.9. The van der Waals surface area contributed by atoms with Crippen molar-refractivity contribution in [1.29, 1.82) is 0 Å². The minimum absolute atomic E-state index is 0.273. The predicted molar refractivity (Wildman–Crippen MR) is 71.9 cm³/mol. The van der Waals surface area contributed by atoms with Crippen molar-refractivity contribution in [3.05, 3.63) is 21.1 Å². The van der Waals surface area contributed by atoms with Gasteiger partial charge >= 0.3 is 0 Å². The van der Waals surface area contributed by atoms with E-state index in [1.54, 1.807) is 5.38 Å². The molecule has 0 bridgehead atoms. The molecule has 0 aliphatic carbocycles. The number of rotatable bonds is 5. The lowest BCUT2D eigenvalue weighted by Crippen LogP contribution is -2.12. The zero-order valence-electron chi connectivity index (χ0n) is 9.84. The number of carbonyl (C=O) groups is 1. The zero-order valence-corrected chi connectivity index (χ0v) is 11.5. The Morgan fingerprint density at radius 1 is 1.44 bits per heavy atom. The van der Waals surface area contributed by atoms with Gasteiger partial charge in [0.2, 0.25) is 5.13 Å². The molecule has 2 aromatic rings. The summed E-state index contributed by atoms with van der Waals surface area (Å²) < 4.78 is 0. The molecule has 8 heteroatoms.